The first kappa shape index (κ1) is 12.9. The summed E-state index contributed by atoms with van der Waals surface area (Å²) in [7, 11) is 0. The van der Waals surface area contributed by atoms with Gasteiger partial charge in [0.25, 0.3) is 0 Å². The topological polar surface area (TPSA) is 70.5 Å². The Kier molecular flexibility index (Phi) is 3.70. The van der Waals surface area contributed by atoms with Crippen LogP contribution in [0.15, 0.2) is 36.4 Å². The first-order valence-electron chi connectivity index (χ1n) is 5.42. The number of rotatable bonds is 4. The molecule has 0 spiro atoms. The van der Waals surface area contributed by atoms with Crippen molar-refractivity contribution >= 4 is 11.4 Å². The van der Waals surface area contributed by atoms with Gasteiger partial charge in [0.05, 0.1) is 0 Å². The summed E-state index contributed by atoms with van der Waals surface area (Å²) in [5.74, 6) is -1.27. The van der Waals surface area contributed by atoms with Crippen molar-refractivity contribution in [1.29, 1.82) is 0 Å². The van der Waals surface area contributed by atoms with Crippen molar-refractivity contribution in [1.82, 2.24) is 0 Å². The van der Waals surface area contributed by atoms with Crippen LogP contribution in [0, 0.1) is 11.6 Å². The molecule has 0 aliphatic carbocycles. The van der Waals surface area contributed by atoms with E-state index in [1.165, 1.54) is 24.3 Å². The zero-order valence-corrected chi connectivity index (χ0v) is 9.90. The lowest BCUT2D eigenvalue weighted by atomic mass is 10.3. The number of nitrogens with two attached hydrogens (primary N) is 2. The van der Waals surface area contributed by atoms with Gasteiger partial charge in [0, 0.05) is 23.5 Å². The minimum Gasteiger partial charge on any atom is -0.454 e. The lowest BCUT2D eigenvalue weighted by Gasteiger charge is -2.10. The predicted molar refractivity (Wildman–Crippen MR) is 67.7 cm³/mol. The van der Waals surface area contributed by atoms with E-state index in [9.17, 15) is 8.78 Å². The quantitative estimate of drug-likeness (QED) is 0.659. The van der Waals surface area contributed by atoms with Gasteiger partial charge >= 0.3 is 0 Å². The van der Waals surface area contributed by atoms with Gasteiger partial charge in [0.1, 0.15) is 0 Å². The smallest absolute Gasteiger partial charge is 0.231 e. The maximum Gasteiger partial charge on any atom is 0.231 e. The molecule has 0 radical (unpaired) electrons. The first-order valence-corrected chi connectivity index (χ1v) is 5.42. The predicted octanol–water partition coefficient (Wildman–Crippen LogP) is 2.54. The summed E-state index contributed by atoms with van der Waals surface area (Å²) in [6, 6.07) is 7.96. The minimum atomic E-state index is -0.610. The van der Waals surface area contributed by atoms with E-state index < -0.39 is 11.6 Å². The van der Waals surface area contributed by atoms with E-state index in [4.69, 9.17) is 20.9 Å². The second kappa shape index (κ2) is 5.43. The van der Waals surface area contributed by atoms with Crippen LogP contribution < -0.4 is 20.9 Å². The van der Waals surface area contributed by atoms with Crippen LogP contribution in [0.25, 0.3) is 0 Å². The molecule has 0 saturated heterocycles. The molecule has 4 N–H and O–H groups in total. The van der Waals surface area contributed by atoms with E-state index in [-0.39, 0.29) is 29.7 Å². The Hall–Kier alpha value is -2.50. The van der Waals surface area contributed by atoms with Crippen molar-refractivity contribution in [3.05, 3.63) is 48.0 Å². The molecule has 0 aliphatic heterocycles. The second-order valence-corrected chi connectivity index (χ2v) is 3.79. The molecule has 6 heteroatoms. The molecular weight excluding hydrogens is 254 g/mol. The van der Waals surface area contributed by atoms with Crippen LogP contribution in [-0.2, 0) is 0 Å². The van der Waals surface area contributed by atoms with E-state index in [0.717, 1.165) is 12.1 Å². The van der Waals surface area contributed by atoms with Crippen LogP contribution >= 0.6 is 0 Å². The van der Waals surface area contributed by atoms with Crippen molar-refractivity contribution in [3.63, 3.8) is 0 Å². The van der Waals surface area contributed by atoms with E-state index in [1.807, 2.05) is 0 Å². The summed E-state index contributed by atoms with van der Waals surface area (Å²) in [5.41, 5.74) is 11.4. The molecule has 0 aromatic heterocycles. The summed E-state index contributed by atoms with van der Waals surface area (Å²) in [6.45, 7) is -0.332. The molecule has 100 valence electrons. The Morgan fingerprint density at radius 1 is 0.789 bits per heavy atom. The Labute approximate surface area is 108 Å². The van der Waals surface area contributed by atoms with Gasteiger partial charge in [0.2, 0.25) is 6.79 Å². The molecule has 2 aromatic carbocycles. The fourth-order valence-electron chi connectivity index (χ4n) is 1.42. The Morgan fingerprint density at radius 3 is 1.58 bits per heavy atom. The summed E-state index contributed by atoms with van der Waals surface area (Å²) in [5, 5.41) is 0. The number of halogens is 2. The highest BCUT2D eigenvalue weighted by Gasteiger charge is 2.06. The Morgan fingerprint density at radius 2 is 1.21 bits per heavy atom. The summed E-state index contributed by atoms with van der Waals surface area (Å²) in [4.78, 5) is 0. The summed E-state index contributed by atoms with van der Waals surface area (Å²) >= 11 is 0. The van der Waals surface area contributed by atoms with E-state index in [1.54, 1.807) is 0 Å². The van der Waals surface area contributed by atoms with Crippen LogP contribution in [0.4, 0.5) is 20.2 Å². The second-order valence-electron chi connectivity index (χ2n) is 3.79. The van der Waals surface area contributed by atoms with Crippen molar-refractivity contribution in [2.24, 2.45) is 0 Å². The van der Waals surface area contributed by atoms with Crippen molar-refractivity contribution < 1.29 is 18.3 Å². The molecule has 0 unspecified atom stereocenters. The van der Waals surface area contributed by atoms with E-state index in [2.05, 4.69) is 0 Å². The molecule has 0 fully saturated rings. The van der Waals surface area contributed by atoms with E-state index >= 15 is 0 Å². The third-order valence-electron chi connectivity index (χ3n) is 2.34. The fourth-order valence-corrected chi connectivity index (χ4v) is 1.42. The Balaban J connectivity index is 1.96. The van der Waals surface area contributed by atoms with Crippen molar-refractivity contribution in [2.45, 2.75) is 0 Å². The van der Waals surface area contributed by atoms with Gasteiger partial charge in [0.15, 0.2) is 23.1 Å². The monoisotopic (exact) mass is 266 g/mol. The number of ether oxygens (including phenoxy) is 2. The van der Waals surface area contributed by atoms with Crippen molar-refractivity contribution in [3.8, 4) is 11.5 Å². The molecule has 0 atom stereocenters. The van der Waals surface area contributed by atoms with Crippen LogP contribution in [0.2, 0.25) is 0 Å². The highest BCUT2D eigenvalue weighted by atomic mass is 19.1. The number of nitrogen functional groups attached to an aromatic ring is 2. The molecule has 0 saturated carbocycles. The first-order chi connectivity index (χ1) is 9.06. The highest BCUT2D eigenvalue weighted by Crippen LogP contribution is 2.21. The number of anilines is 2. The van der Waals surface area contributed by atoms with Gasteiger partial charge in [-0.3, -0.25) is 0 Å². The SMILES string of the molecule is Nc1ccc(OCOc2ccc(N)cc2F)c(F)c1. The minimum absolute atomic E-state index is 0.0231. The molecular formula is C13H12F2N2O2. The number of hydrogen-bond donors (Lipinski definition) is 2. The van der Waals surface area contributed by atoms with Gasteiger partial charge < -0.3 is 20.9 Å². The molecule has 19 heavy (non-hydrogen) atoms. The van der Waals surface area contributed by atoms with Crippen LogP contribution in [0.5, 0.6) is 11.5 Å². The van der Waals surface area contributed by atoms with Crippen LogP contribution in [-0.4, -0.2) is 6.79 Å². The highest BCUT2D eigenvalue weighted by molar-refractivity contribution is 5.43. The zero-order valence-electron chi connectivity index (χ0n) is 9.90. The summed E-state index contributed by atoms with van der Waals surface area (Å²) < 4.78 is 36.8. The van der Waals surface area contributed by atoms with Gasteiger partial charge in [-0.25, -0.2) is 8.78 Å². The van der Waals surface area contributed by atoms with Gasteiger partial charge in [-0.05, 0) is 24.3 Å². The van der Waals surface area contributed by atoms with Gasteiger partial charge in [-0.1, -0.05) is 0 Å². The maximum absolute atomic E-state index is 13.4. The largest absolute Gasteiger partial charge is 0.454 e. The lowest BCUT2D eigenvalue weighted by molar-refractivity contribution is 0.111. The van der Waals surface area contributed by atoms with Crippen LogP contribution in [0.1, 0.15) is 0 Å². The average molecular weight is 266 g/mol. The van der Waals surface area contributed by atoms with Crippen LogP contribution in [0.3, 0.4) is 0 Å². The Bertz CT molecular complexity index is 539. The molecule has 2 rings (SSSR count). The molecule has 0 bridgehead atoms. The molecule has 4 nitrogen and oxygen atoms in total. The zero-order chi connectivity index (χ0) is 13.8. The normalized spacial score (nSPS) is 10.2. The standard InChI is InChI=1S/C13H12F2N2O2/c14-10-5-8(16)1-3-12(10)18-7-19-13-4-2-9(17)6-11(13)15/h1-6H,7,16-17H2. The average Bonchev–Trinajstić information content (AvgIpc) is 2.34. The number of hydrogen-bond acceptors (Lipinski definition) is 4. The maximum atomic E-state index is 13.4. The fraction of sp³-hybridized carbons (Fsp3) is 0.0769. The molecule has 0 aliphatic rings. The molecule has 0 amide bonds. The van der Waals surface area contributed by atoms with Gasteiger partial charge in [-0.2, -0.15) is 0 Å². The molecule has 2 aromatic rings. The summed E-state index contributed by atoms with van der Waals surface area (Å²) in [6.07, 6.45) is 0. The van der Waals surface area contributed by atoms with Gasteiger partial charge in [-0.15, -0.1) is 0 Å². The third kappa shape index (κ3) is 3.25. The third-order valence-corrected chi connectivity index (χ3v) is 2.34. The van der Waals surface area contributed by atoms with Crippen molar-refractivity contribution in [2.75, 3.05) is 18.3 Å². The molecule has 0 heterocycles. The van der Waals surface area contributed by atoms with E-state index in [0.29, 0.717) is 0 Å². The lowest BCUT2D eigenvalue weighted by Crippen LogP contribution is -2.08. The number of benzene rings is 2.